The Bertz CT molecular complexity index is 689. The van der Waals surface area contributed by atoms with Gasteiger partial charge in [-0.05, 0) is 43.7 Å². The van der Waals surface area contributed by atoms with Gasteiger partial charge in [-0.15, -0.1) is 0 Å². The molecular formula is C22H32N4O2. The number of carbonyl (C=O) groups is 2. The van der Waals surface area contributed by atoms with Crippen LogP contribution in [-0.2, 0) is 4.79 Å². The molecule has 6 nitrogen and oxygen atoms in total. The first-order chi connectivity index (χ1) is 13.7. The molecule has 1 aromatic rings. The summed E-state index contributed by atoms with van der Waals surface area (Å²) in [6.07, 6.45) is 3.98. The van der Waals surface area contributed by atoms with Crippen molar-refractivity contribution in [2.24, 2.45) is 17.6 Å². The van der Waals surface area contributed by atoms with Gasteiger partial charge in [-0.25, -0.2) is 4.79 Å². The van der Waals surface area contributed by atoms with Crippen LogP contribution in [0.5, 0.6) is 0 Å². The maximum absolute atomic E-state index is 13.3. The quantitative estimate of drug-likeness (QED) is 0.868. The van der Waals surface area contributed by atoms with Gasteiger partial charge in [-0.2, -0.15) is 0 Å². The molecule has 0 saturated carbocycles. The van der Waals surface area contributed by atoms with E-state index in [1.807, 2.05) is 20.8 Å². The number of rotatable bonds is 3. The fourth-order valence-corrected chi connectivity index (χ4v) is 5.09. The minimum Gasteiger partial charge on any atom is -0.341 e. The van der Waals surface area contributed by atoms with E-state index < -0.39 is 0 Å². The molecule has 0 aliphatic carbocycles. The average Bonchev–Trinajstić information content (AvgIpc) is 3.43. The summed E-state index contributed by atoms with van der Waals surface area (Å²) in [6.45, 7) is 5.11. The van der Waals surface area contributed by atoms with E-state index in [0.29, 0.717) is 24.9 Å². The van der Waals surface area contributed by atoms with Crippen LogP contribution in [0, 0.1) is 11.8 Å². The molecule has 0 radical (unpaired) electrons. The Hall–Kier alpha value is -2.08. The highest BCUT2D eigenvalue weighted by Crippen LogP contribution is 2.33. The van der Waals surface area contributed by atoms with Crippen LogP contribution >= 0.6 is 0 Å². The molecule has 3 saturated heterocycles. The van der Waals surface area contributed by atoms with E-state index in [0.717, 1.165) is 58.4 Å². The summed E-state index contributed by atoms with van der Waals surface area (Å²) >= 11 is 0. The van der Waals surface area contributed by atoms with Crippen molar-refractivity contribution in [1.29, 1.82) is 0 Å². The monoisotopic (exact) mass is 384 g/mol. The SMILES string of the molecule is NC[C@@H]1CN(C(=O)C2CCCN(C(=O)N3CCCC3)C2)C[C@H]1c1ccccc1. The highest BCUT2D eigenvalue weighted by molar-refractivity contribution is 5.81. The lowest BCUT2D eigenvalue weighted by atomic mass is 9.89. The Morgan fingerprint density at radius 3 is 2.32 bits per heavy atom. The number of piperidine rings is 1. The van der Waals surface area contributed by atoms with Gasteiger partial charge in [0.2, 0.25) is 5.91 Å². The highest BCUT2D eigenvalue weighted by Gasteiger charge is 2.39. The van der Waals surface area contributed by atoms with Crippen LogP contribution < -0.4 is 5.73 Å². The van der Waals surface area contributed by atoms with Crippen molar-refractivity contribution in [3.63, 3.8) is 0 Å². The van der Waals surface area contributed by atoms with Gasteiger partial charge in [0.25, 0.3) is 0 Å². The first-order valence-corrected chi connectivity index (χ1v) is 10.7. The molecule has 4 rings (SSSR count). The number of hydrogen-bond acceptors (Lipinski definition) is 3. The lowest BCUT2D eigenvalue weighted by Gasteiger charge is -2.36. The summed E-state index contributed by atoms with van der Waals surface area (Å²) in [5, 5.41) is 0. The van der Waals surface area contributed by atoms with Gasteiger partial charge in [-0.1, -0.05) is 30.3 Å². The molecule has 3 fully saturated rings. The van der Waals surface area contributed by atoms with Gasteiger partial charge in [0.05, 0.1) is 5.92 Å². The van der Waals surface area contributed by atoms with Crippen LogP contribution in [0.4, 0.5) is 4.79 Å². The zero-order valence-electron chi connectivity index (χ0n) is 16.6. The van der Waals surface area contributed by atoms with Crippen molar-refractivity contribution in [2.45, 2.75) is 31.6 Å². The van der Waals surface area contributed by atoms with E-state index in [1.54, 1.807) is 0 Å². The first kappa shape index (κ1) is 19.2. The average molecular weight is 385 g/mol. The van der Waals surface area contributed by atoms with Crippen molar-refractivity contribution >= 4 is 11.9 Å². The van der Waals surface area contributed by atoms with Crippen molar-refractivity contribution in [3.05, 3.63) is 35.9 Å². The molecule has 1 aromatic carbocycles. The molecule has 0 bridgehead atoms. The van der Waals surface area contributed by atoms with Gasteiger partial charge < -0.3 is 20.4 Å². The van der Waals surface area contributed by atoms with Crippen molar-refractivity contribution < 1.29 is 9.59 Å². The van der Waals surface area contributed by atoms with E-state index in [1.165, 1.54) is 5.56 Å². The van der Waals surface area contributed by atoms with E-state index in [-0.39, 0.29) is 17.9 Å². The number of likely N-dealkylation sites (tertiary alicyclic amines) is 3. The summed E-state index contributed by atoms with van der Waals surface area (Å²) in [6, 6.07) is 10.5. The number of hydrogen-bond donors (Lipinski definition) is 1. The standard InChI is InChI=1S/C22H32N4O2/c23-13-19-15-26(16-20(19)17-7-2-1-3-8-17)21(27)18-9-6-12-25(14-18)22(28)24-10-4-5-11-24/h1-3,7-8,18-20H,4-6,9-16,23H2/t18?,19-,20+/m1/s1. The second-order valence-electron chi connectivity index (χ2n) is 8.52. The summed E-state index contributed by atoms with van der Waals surface area (Å²) in [4.78, 5) is 31.8. The van der Waals surface area contributed by atoms with E-state index in [4.69, 9.17) is 5.73 Å². The van der Waals surface area contributed by atoms with E-state index in [9.17, 15) is 9.59 Å². The predicted octanol–water partition coefficient (Wildman–Crippen LogP) is 2.12. The summed E-state index contributed by atoms with van der Waals surface area (Å²) < 4.78 is 0. The Balaban J connectivity index is 1.40. The zero-order chi connectivity index (χ0) is 19.5. The highest BCUT2D eigenvalue weighted by atomic mass is 16.2. The third-order valence-corrected chi connectivity index (χ3v) is 6.70. The minimum absolute atomic E-state index is 0.0757. The fraction of sp³-hybridized carbons (Fsp3) is 0.636. The number of urea groups is 1. The Morgan fingerprint density at radius 2 is 1.61 bits per heavy atom. The molecule has 3 aliphatic heterocycles. The molecule has 28 heavy (non-hydrogen) atoms. The van der Waals surface area contributed by atoms with Gasteiger partial charge in [-0.3, -0.25) is 4.79 Å². The molecule has 152 valence electrons. The first-order valence-electron chi connectivity index (χ1n) is 10.7. The van der Waals surface area contributed by atoms with Gasteiger partial charge in [0.1, 0.15) is 0 Å². The summed E-state index contributed by atoms with van der Waals surface area (Å²) in [5.41, 5.74) is 7.30. The fourth-order valence-electron chi connectivity index (χ4n) is 5.09. The van der Waals surface area contributed by atoms with Crippen LogP contribution in [-0.4, -0.2) is 72.5 Å². The topological polar surface area (TPSA) is 69.9 Å². The molecule has 3 atom stereocenters. The van der Waals surface area contributed by atoms with Crippen LogP contribution in [0.3, 0.4) is 0 Å². The number of carbonyl (C=O) groups excluding carboxylic acids is 2. The van der Waals surface area contributed by atoms with E-state index in [2.05, 4.69) is 24.3 Å². The third kappa shape index (κ3) is 3.88. The molecule has 1 unspecified atom stereocenters. The van der Waals surface area contributed by atoms with Gasteiger partial charge in [0, 0.05) is 45.2 Å². The number of benzene rings is 1. The zero-order valence-corrected chi connectivity index (χ0v) is 16.6. The van der Waals surface area contributed by atoms with Crippen LogP contribution in [0.2, 0.25) is 0 Å². The largest absolute Gasteiger partial charge is 0.341 e. The molecule has 0 aromatic heterocycles. The Kier molecular flexibility index (Phi) is 5.85. The van der Waals surface area contributed by atoms with Crippen molar-refractivity contribution in [2.75, 3.05) is 45.8 Å². The van der Waals surface area contributed by atoms with Crippen molar-refractivity contribution in [3.8, 4) is 0 Å². The van der Waals surface area contributed by atoms with Crippen LogP contribution in [0.25, 0.3) is 0 Å². The molecule has 6 heteroatoms. The third-order valence-electron chi connectivity index (χ3n) is 6.70. The molecule has 3 amide bonds. The summed E-state index contributed by atoms with van der Waals surface area (Å²) in [7, 11) is 0. The van der Waals surface area contributed by atoms with Gasteiger partial charge in [0.15, 0.2) is 0 Å². The molecular weight excluding hydrogens is 352 g/mol. The predicted molar refractivity (Wildman–Crippen MR) is 109 cm³/mol. The normalized spacial score (nSPS) is 28.0. The minimum atomic E-state index is -0.0757. The Morgan fingerprint density at radius 1 is 0.893 bits per heavy atom. The molecule has 3 heterocycles. The second kappa shape index (κ2) is 8.52. The number of nitrogens with zero attached hydrogens (tertiary/aromatic N) is 3. The van der Waals surface area contributed by atoms with Crippen molar-refractivity contribution in [1.82, 2.24) is 14.7 Å². The Labute approximate surface area is 167 Å². The smallest absolute Gasteiger partial charge is 0.320 e. The van der Waals surface area contributed by atoms with Crippen LogP contribution in [0.15, 0.2) is 30.3 Å². The lowest BCUT2D eigenvalue weighted by molar-refractivity contribution is -0.136. The lowest BCUT2D eigenvalue weighted by Crippen LogP contribution is -2.50. The molecule has 0 spiro atoms. The summed E-state index contributed by atoms with van der Waals surface area (Å²) in [5.74, 6) is 0.738. The maximum Gasteiger partial charge on any atom is 0.320 e. The molecule has 3 aliphatic rings. The second-order valence-corrected chi connectivity index (χ2v) is 8.52. The number of amides is 3. The maximum atomic E-state index is 13.3. The molecule has 2 N–H and O–H groups in total. The number of nitrogens with two attached hydrogens (primary N) is 1. The van der Waals surface area contributed by atoms with Gasteiger partial charge >= 0.3 is 6.03 Å². The van der Waals surface area contributed by atoms with Crippen LogP contribution in [0.1, 0.15) is 37.2 Å². The van der Waals surface area contributed by atoms with E-state index >= 15 is 0 Å².